The van der Waals surface area contributed by atoms with Gasteiger partial charge in [-0.3, -0.25) is 4.79 Å². The van der Waals surface area contributed by atoms with E-state index in [0.717, 1.165) is 10.6 Å². The number of nitrogens with zero attached hydrogens (tertiary/aromatic N) is 1. The van der Waals surface area contributed by atoms with E-state index in [0.29, 0.717) is 16.8 Å². The minimum absolute atomic E-state index is 0.0875. The molecule has 28 heavy (non-hydrogen) atoms. The Kier molecular flexibility index (Phi) is 6.62. The zero-order valence-electron chi connectivity index (χ0n) is 15.3. The molecule has 5 nitrogen and oxygen atoms in total. The van der Waals surface area contributed by atoms with E-state index in [1.165, 1.54) is 16.8 Å². The van der Waals surface area contributed by atoms with E-state index in [-0.39, 0.29) is 5.84 Å². The van der Waals surface area contributed by atoms with E-state index in [2.05, 4.69) is 21.8 Å². The molecule has 3 aromatic rings. The highest BCUT2D eigenvalue weighted by Crippen LogP contribution is 2.30. The monoisotopic (exact) mass is 408 g/mol. The highest BCUT2D eigenvalue weighted by molar-refractivity contribution is 8.02. The second-order valence-corrected chi connectivity index (χ2v) is 7.52. The molecule has 7 heteroatoms. The van der Waals surface area contributed by atoms with E-state index in [1.54, 1.807) is 48.2 Å². The molecule has 0 saturated heterocycles. The van der Waals surface area contributed by atoms with Gasteiger partial charge in [-0.15, -0.1) is 11.8 Å². The molecule has 1 amide bonds. The quantitative estimate of drug-likeness (QED) is 0.181. The maximum absolute atomic E-state index is 12.3. The van der Waals surface area contributed by atoms with Crippen molar-refractivity contribution >= 4 is 46.8 Å². The smallest absolute Gasteiger partial charge is 0.278 e. The molecule has 0 saturated carbocycles. The molecule has 0 spiro atoms. The van der Waals surface area contributed by atoms with Crippen LogP contribution in [-0.2, 0) is 0 Å². The Morgan fingerprint density at radius 3 is 2.36 bits per heavy atom. The minimum Gasteiger partial charge on any atom is -0.398 e. The lowest BCUT2D eigenvalue weighted by molar-refractivity contribution is 0.100. The van der Waals surface area contributed by atoms with Gasteiger partial charge in [-0.1, -0.05) is 30.3 Å². The highest BCUT2D eigenvalue weighted by atomic mass is 32.2. The second-order valence-electron chi connectivity index (χ2n) is 5.83. The van der Waals surface area contributed by atoms with Crippen LogP contribution in [0, 0.1) is 0 Å². The summed E-state index contributed by atoms with van der Waals surface area (Å²) in [4.78, 5) is 18.6. The number of hydrogen-bond acceptors (Lipinski definition) is 5. The number of amidine groups is 1. The van der Waals surface area contributed by atoms with Crippen LogP contribution >= 0.6 is 23.7 Å². The zero-order valence-corrected chi connectivity index (χ0v) is 16.9. The van der Waals surface area contributed by atoms with Gasteiger partial charge in [-0.2, -0.15) is 4.99 Å². The molecule has 0 unspecified atom stereocenters. The fourth-order valence-corrected chi connectivity index (χ4v) is 4.00. The number of rotatable bonds is 6. The molecule has 0 aromatic heterocycles. The van der Waals surface area contributed by atoms with Crippen LogP contribution in [0.2, 0.25) is 0 Å². The van der Waals surface area contributed by atoms with Crippen LogP contribution in [0.4, 0.5) is 11.4 Å². The number of nitrogens with two attached hydrogens (primary N) is 2. The van der Waals surface area contributed by atoms with Gasteiger partial charge in [0.05, 0.1) is 0 Å². The summed E-state index contributed by atoms with van der Waals surface area (Å²) in [6, 6.07) is 22.3. The summed E-state index contributed by atoms with van der Waals surface area (Å²) in [6.07, 6.45) is 2.04. The van der Waals surface area contributed by atoms with E-state index < -0.39 is 5.91 Å². The van der Waals surface area contributed by atoms with Crippen molar-refractivity contribution < 1.29 is 4.79 Å². The van der Waals surface area contributed by atoms with E-state index in [1.807, 2.05) is 30.5 Å². The topological polar surface area (TPSA) is 93.5 Å². The number of aliphatic imine (C=N–C) groups is 1. The molecule has 0 atom stereocenters. The number of carbonyl (C=O) groups is 1. The largest absolute Gasteiger partial charge is 0.398 e. The average molecular weight is 409 g/mol. The lowest BCUT2D eigenvalue weighted by atomic mass is 10.1. The Labute approximate surface area is 172 Å². The van der Waals surface area contributed by atoms with Crippen molar-refractivity contribution in [2.75, 3.05) is 16.7 Å². The van der Waals surface area contributed by atoms with Crippen LogP contribution in [0.3, 0.4) is 0 Å². The van der Waals surface area contributed by atoms with Crippen molar-refractivity contribution in [3.63, 3.8) is 0 Å². The number of amides is 1. The van der Waals surface area contributed by atoms with Crippen molar-refractivity contribution in [1.29, 1.82) is 0 Å². The second kappa shape index (κ2) is 9.34. The standard InChI is InChI=1S/C21H20N4OS2/c1-27-18-9-5-6-10-19(18)28-25-15-11-12-17(22)16(13-15)20(23)24-21(26)14-7-3-2-4-8-14/h2-13,25H,22H2,1H3,(H2,23,24,26). The zero-order chi connectivity index (χ0) is 19.9. The fraction of sp³-hybridized carbons (Fsp3) is 0.0476. The van der Waals surface area contributed by atoms with Crippen LogP contribution < -0.4 is 16.2 Å². The molecular weight excluding hydrogens is 388 g/mol. The van der Waals surface area contributed by atoms with Gasteiger partial charge in [0.25, 0.3) is 5.91 Å². The van der Waals surface area contributed by atoms with Gasteiger partial charge >= 0.3 is 0 Å². The normalized spacial score (nSPS) is 11.2. The molecule has 0 radical (unpaired) electrons. The summed E-state index contributed by atoms with van der Waals surface area (Å²) in [6.45, 7) is 0. The molecule has 3 rings (SSSR count). The van der Waals surface area contributed by atoms with Crippen molar-refractivity contribution in [3.8, 4) is 0 Å². The van der Waals surface area contributed by atoms with Crippen molar-refractivity contribution in [2.45, 2.75) is 9.79 Å². The van der Waals surface area contributed by atoms with Gasteiger partial charge < -0.3 is 16.2 Å². The van der Waals surface area contributed by atoms with Crippen LogP contribution in [0.15, 0.2) is 87.6 Å². The number of nitrogen functional groups attached to an aromatic ring is 1. The van der Waals surface area contributed by atoms with Crippen molar-refractivity contribution in [3.05, 3.63) is 83.9 Å². The van der Waals surface area contributed by atoms with Crippen LogP contribution in [0.1, 0.15) is 15.9 Å². The van der Waals surface area contributed by atoms with Gasteiger partial charge in [0.15, 0.2) is 0 Å². The first-order valence-corrected chi connectivity index (χ1v) is 10.5. The maximum atomic E-state index is 12.3. The molecule has 0 aliphatic carbocycles. The third-order valence-corrected chi connectivity index (χ3v) is 5.76. The number of thioether (sulfide) groups is 1. The molecule has 0 aliphatic rings. The van der Waals surface area contributed by atoms with E-state index >= 15 is 0 Å². The molecule has 142 valence electrons. The lowest BCUT2D eigenvalue weighted by Gasteiger charge is -2.11. The van der Waals surface area contributed by atoms with E-state index in [4.69, 9.17) is 11.5 Å². The summed E-state index contributed by atoms with van der Waals surface area (Å²) >= 11 is 3.19. The number of hydrogen-bond donors (Lipinski definition) is 3. The first kappa shape index (κ1) is 19.9. The third kappa shape index (κ3) is 4.88. The first-order valence-electron chi connectivity index (χ1n) is 8.48. The number of carbonyl (C=O) groups excluding carboxylic acids is 1. The van der Waals surface area contributed by atoms with Gasteiger partial charge in [-0.05, 0) is 60.7 Å². The number of nitrogens with one attached hydrogen (secondary N) is 1. The van der Waals surface area contributed by atoms with Crippen molar-refractivity contribution in [1.82, 2.24) is 0 Å². The summed E-state index contributed by atoms with van der Waals surface area (Å²) in [5, 5.41) is 0. The van der Waals surface area contributed by atoms with Gasteiger partial charge in [0, 0.05) is 32.3 Å². The molecule has 0 fully saturated rings. The Balaban J connectivity index is 1.79. The summed E-state index contributed by atoms with van der Waals surface area (Å²) < 4.78 is 3.30. The number of benzene rings is 3. The minimum atomic E-state index is -0.404. The molecular formula is C21H20N4OS2. The fourth-order valence-electron chi connectivity index (χ4n) is 2.47. The molecule has 5 N–H and O–H groups in total. The van der Waals surface area contributed by atoms with E-state index in [9.17, 15) is 4.79 Å². The number of anilines is 2. The predicted molar refractivity (Wildman–Crippen MR) is 120 cm³/mol. The molecule has 0 aliphatic heterocycles. The third-order valence-electron chi connectivity index (χ3n) is 3.92. The van der Waals surface area contributed by atoms with Crippen molar-refractivity contribution in [2.24, 2.45) is 10.7 Å². The van der Waals surface area contributed by atoms with Crippen LogP contribution in [0.5, 0.6) is 0 Å². The predicted octanol–water partition coefficient (Wildman–Crippen LogP) is 4.66. The summed E-state index contributed by atoms with van der Waals surface area (Å²) in [7, 11) is 0. The first-order chi connectivity index (χ1) is 13.6. The van der Waals surface area contributed by atoms with Gasteiger partial charge in [0.2, 0.25) is 0 Å². The van der Waals surface area contributed by atoms with Gasteiger partial charge in [-0.25, -0.2) is 0 Å². The Morgan fingerprint density at radius 2 is 1.64 bits per heavy atom. The highest BCUT2D eigenvalue weighted by Gasteiger charge is 2.10. The molecule has 3 aromatic carbocycles. The molecule has 0 bridgehead atoms. The Hall–Kier alpha value is -2.90. The van der Waals surface area contributed by atoms with Gasteiger partial charge in [0.1, 0.15) is 5.84 Å². The molecule has 0 heterocycles. The Morgan fingerprint density at radius 1 is 0.964 bits per heavy atom. The van der Waals surface area contributed by atoms with Crippen LogP contribution in [-0.4, -0.2) is 18.0 Å². The lowest BCUT2D eigenvalue weighted by Crippen LogP contribution is -2.18. The maximum Gasteiger partial charge on any atom is 0.278 e. The van der Waals surface area contributed by atoms with Crippen LogP contribution in [0.25, 0.3) is 0 Å². The SMILES string of the molecule is CSc1ccccc1SNc1ccc(N)c(C(N)=NC(=O)c2ccccc2)c1. The summed E-state index contributed by atoms with van der Waals surface area (Å²) in [5.74, 6) is -0.316. The average Bonchev–Trinajstić information content (AvgIpc) is 2.73. The summed E-state index contributed by atoms with van der Waals surface area (Å²) in [5.41, 5.74) is 14.4. The Bertz CT molecular complexity index is 1010.